The number of amides is 1. The summed E-state index contributed by atoms with van der Waals surface area (Å²) in [5, 5.41) is 2.90. The van der Waals surface area contributed by atoms with Gasteiger partial charge in [0.15, 0.2) is 9.84 Å². The standard InChI is InChI=1S/C16H24N2O3S/c1-18(2)9-4-8-17-16(19)12-13-6-7-15-14(11-13)5-3-10-22(15,20)21/h6-7,11H,3-5,8-10,12H2,1-2H3,(H,17,19). The molecule has 22 heavy (non-hydrogen) atoms. The molecular weight excluding hydrogens is 300 g/mol. The van der Waals surface area contributed by atoms with Crippen molar-refractivity contribution in [3.05, 3.63) is 29.3 Å². The van der Waals surface area contributed by atoms with Gasteiger partial charge in [-0.3, -0.25) is 4.79 Å². The van der Waals surface area contributed by atoms with Gasteiger partial charge in [0.05, 0.1) is 17.1 Å². The molecule has 1 aliphatic heterocycles. The molecule has 0 aromatic heterocycles. The number of carbonyl (C=O) groups is 1. The summed E-state index contributed by atoms with van der Waals surface area (Å²) < 4.78 is 23.9. The predicted octanol–water partition coefficient (Wildman–Crippen LogP) is 1.02. The minimum atomic E-state index is -3.12. The highest BCUT2D eigenvalue weighted by Crippen LogP contribution is 2.25. The molecule has 122 valence electrons. The Morgan fingerprint density at radius 2 is 2.09 bits per heavy atom. The molecule has 0 bridgehead atoms. The van der Waals surface area contributed by atoms with Gasteiger partial charge in [0.2, 0.25) is 5.91 Å². The molecule has 5 nitrogen and oxygen atoms in total. The average Bonchev–Trinajstić information content (AvgIpc) is 2.43. The van der Waals surface area contributed by atoms with Crippen LogP contribution in [-0.2, 0) is 27.5 Å². The van der Waals surface area contributed by atoms with E-state index in [1.54, 1.807) is 12.1 Å². The highest BCUT2D eigenvalue weighted by Gasteiger charge is 2.23. The van der Waals surface area contributed by atoms with E-state index in [0.717, 1.165) is 30.5 Å². The molecule has 0 fully saturated rings. The quantitative estimate of drug-likeness (QED) is 0.793. The van der Waals surface area contributed by atoms with Gasteiger partial charge >= 0.3 is 0 Å². The summed E-state index contributed by atoms with van der Waals surface area (Å²) >= 11 is 0. The summed E-state index contributed by atoms with van der Waals surface area (Å²) in [5.41, 5.74) is 1.73. The molecule has 1 aliphatic rings. The lowest BCUT2D eigenvalue weighted by atomic mass is 10.0. The Balaban J connectivity index is 1.93. The predicted molar refractivity (Wildman–Crippen MR) is 86.7 cm³/mol. The van der Waals surface area contributed by atoms with Crippen LogP contribution in [0.25, 0.3) is 0 Å². The molecular formula is C16H24N2O3S. The van der Waals surface area contributed by atoms with Crippen LogP contribution in [0.1, 0.15) is 24.0 Å². The highest BCUT2D eigenvalue weighted by molar-refractivity contribution is 7.91. The molecule has 1 heterocycles. The molecule has 0 saturated heterocycles. The summed E-state index contributed by atoms with van der Waals surface area (Å²) in [6.45, 7) is 1.60. The second kappa shape index (κ2) is 7.24. The van der Waals surface area contributed by atoms with E-state index < -0.39 is 9.84 Å². The lowest BCUT2D eigenvalue weighted by Gasteiger charge is -2.17. The molecule has 0 atom stereocenters. The van der Waals surface area contributed by atoms with Crippen LogP contribution in [0.2, 0.25) is 0 Å². The zero-order valence-electron chi connectivity index (χ0n) is 13.3. The van der Waals surface area contributed by atoms with Gasteiger partial charge in [-0.2, -0.15) is 0 Å². The third kappa shape index (κ3) is 4.55. The number of rotatable bonds is 6. The number of nitrogens with one attached hydrogen (secondary N) is 1. The largest absolute Gasteiger partial charge is 0.356 e. The molecule has 1 N–H and O–H groups in total. The van der Waals surface area contributed by atoms with Crippen LogP contribution in [0.5, 0.6) is 0 Å². The van der Waals surface area contributed by atoms with Crippen molar-refractivity contribution >= 4 is 15.7 Å². The SMILES string of the molecule is CN(C)CCCNC(=O)Cc1ccc2c(c1)CCCS2(=O)=O. The Morgan fingerprint density at radius 1 is 1.32 bits per heavy atom. The van der Waals surface area contributed by atoms with Crippen molar-refractivity contribution in [1.29, 1.82) is 0 Å². The number of aryl methyl sites for hydroxylation is 1. The fourth-order valence-electron chi connectivity index (χ4n) is 2.68. The van der Waals surface area contributed by atoms with Crippen LogP contribution in [0.3, 0.4) is 0 Å². The van der Waals surface area contributed by atoms with Crippen molar-refractivity contribution in [2.45, 2.75) is 30.6 Å². The molecule has 2 rings (SSSR count). The third-order valence-corrected chi connectivity index (χ3v) is 5.68. The number of sulfone groups is 1. The maximum Gasteiger partial charge on any atom is 0.224 e. The van der Waals surface area contributed by atoms with Crippen molar-refractivity contribution in [2.24, 2.45) is 0 Å². The minimum absolute atomic E-state index is 0.0163. The topological polar surface area (TPSA) is 66.5 Å². The van der Waals surface area contributed by atoms with Crippen molar-refractivity contribution < 1.29 is 13.2 Å². The lowest BCUT2D eigenvalue weighted by Crippen LogP contribution is -2.28. The molecule has 0 unspecified atom stereocenters. The Hall–Kier alpha value is -1.40. The van der Waals surface area contributed by atoms with E-state index >= 15 is 0 Å². The summed E-state index contributed by atoms with van der Waals surface area (Å²) in [7, 11) is 0.888. The van der Waals surface area contributed by atoms with Gasteiger partial charge in [-0.05, 0) is 57.1 Å². The number of fused-ring (bicyclic) bond motifs is 1. The van der Waals surface area contributed by atoms with Gasteiger partial charge in [-0.25, -0.2) is 8.42 Å². The van der Waals surface area contributed by atoms with Crippen LogP contribution < -0.4 is 5.32 Å². The fraction of sp³-hybridized carbons (Fsp3) is 0.562. The maximum atomic E-state index is 12.0. The molecule has 1 aromatic carbocycles. The first-order chi connectivity index (χ1) is 10.4. The number of hydrogen-bond acceptors (Lipinski definition) is 4. The first-order valence-electron chi connectivity index (χ1n) is 7.64. The molecule has 1 aromatic rings. The van der Waals surface area contributed by atoms with E-state index in [0.29, 0.717) is 24.3 Å². The fourth-order valence-corrected chi connectivity index (χ4v) is 4.26. The van der Waals surface area contributed by atoms with E-state index in [-0.39, 0.29) is 11.7 Å². The van der Waals surface area contributed by atoms with E-state index in [1.807, 2.05) is 20.2 Å². The van der Waals surface area contributed by atoms with Gasteiger partial charge in [0.1, 0.15) is 0 Å². The highest BCUT2D eigenvalue weighted by atomic mass is 32.2. The van der Waals surface area contributed by atoms with Gasteiger partial charge in [-0.1, -0.05) is 12.1 Å². The van der Waals surface area contributed by atoms with E-state index in [9.17, 15) is 13.2 Å². The zero-order chi connectivity index (χ0) is 16.2. The van der Waals surface area contributed by atoms with Gasteiger partial charge in [-0.15, -0.1) is 0 Å². The van der Waals surface area contributed by atoms with Crippen LogP contribution >= 0.6 is 0 Å². The smallest absolute Gasteiger partial charge is 0.224 e. The normalized spacial score (nSPS) is 16.3. The van der Waals surface area contributed by atoms with Crippen molar-refractivity contribution in [2.75, 3.05) is 32.9 Å². The number of carbonyl (C=O) groups excluding carboxylic acids is 1. The van der Waals surface area contributed by atoms with Crippen molar-refractivity contribution in [3.8, 4) is 0 Å². The molecule has 0 spiro atoms. The Morgan fingerprint density at radius 3 is 2.82 bits per heavy atom. The van der Waals surface area contributed by atoms with Crippen molar-refractivity contribution in [3.63, 3.8) is 0 Å². The number of benzene rings is 1. The summed E-state index contributed by atoms with van der Waals surface area (Å²) in [5.74, 6) is 0.212. The second-order valence-electron chi connectivity index (χ2n) is 6.05. The number of nitrogens with zero attached hydrogens (tertiary/aromatic N) is 1. The van der Waals surface area contributed by atoms with Gasteiger partial charge in [0.25, 0.3) is 0 Å². The van der Waals surface area contributed by atoms with Gasteiger partial charge < -0.3 is 10.2 Å². The van der Waals surface area contributed by atoms with Gasteiger partial charge in [0, 0.05) is 6.54 Å². The second-order valence-corrected chi connectivity index (χ2v) is 8.13. The van der Waals surface area contributed by atoms with Crippen molar-refractivity contribution in [1.82, 2.24) is 10.2 Å². The average molecular weight is 324 g/mol. The van der Waals surface area contributed by atoms with E-state index in [1.165, 1.54) is 0 Å². The molecule has 0 radical (unpaired) electrons. The van der Waals surface area contributed by atoms with Crippen LogP contribution in [-0.4, -0.2) is 52.2 Å². The first kappa shape index (κ1) is 17.0. The third-order valence-electron chi connectivity index (χ3n) is 3.79. The molecule has 0 saturated carbocycles. The van der Waals surface area contributed by atoms with E-state index in [4.69, 9.17) is 0 Å². The summed E-state index contributed by atoms with van der Waals surface area (Å²) in [6.07, 6.45) is 2.65. The first-order valence-corrected chi connectivity index (χ1v) is 9.30. The minimum Gasteiger partial charge on any atom is -0.356 e. The molecule has 1 amide bonds. The monoisotopic (exact) mass is 324 g/mol. The summed E-state index contributed by atoms with van der Waals surface area (Å²) in [4.78, 5) is 14.4. The van der Waals surface area contributed by atoms with Crippen LogP contribution in [0.15, 0.2) is 23.1 Å². The van der Waals surface area contributed by atoms with E-state index in [2.05, 4.69) is 10.2 Å². The van der Waals surface area contributed by atoms with Crippen LogP contribution in [0.4, 0.5) is 0 Å². The molecule has 6 heteroatoms. The summed E-state index contributed by atoms with van der Waals surface area (Å²) in [6, 6.07) is 5.27. The maximum absolute atomic E-state index is 12.0. The molecule has 0 aliphatic carbocycles. The zero-order valence-corrected chi connectivity index (χ0v) is 14.1. The van der Waals surface area contributed by atoms with Crippen LogP contribution in [0, 0.1) is 0 Å². The number of hydrogen-bond donors (Lipinski definition) is 1. The Labute approximate surface area is 132 Å². The lowest BCUT2D eigenvalue weighted by molar-refractivity contribution is -0.120. The Bertz CT molecular complexity index is 639. The Kier molecular flexibility index (Phi) is 5.58.